The van der Waals surface area contributed by atoms with Crippen molar-refractivity contribution in [2.75, 3.05) is 11.6 Å². The third kappa shape index (κ3) is 5.82. The molecular formula is C28H23F2N5O4S2. The number of aryl methyl sites for hydroxylation is 1. The molecule has 0 fully saturated rings. The largest absolute Gasteiger partial charge is 0.478 e. The molecule has 0 amide bonds. The van der Waals surface area contributed by atoms with Gasteiger partial charge < -0.3 is 15.6 Å². The van der Waals surface area contributed by atoms with Gasteiger partial charge in [-0.05, 0) is 80.4 Å². The zero-order valence-corrected chi connectivity index (χ0v) is 23.2. The quantitative estimate of drug-likeness (QED) is 0.189. The topological polar surface area (TPSA) is 131 Å². The molecule has 210 valence electrons. The van der Waals surface area contributed by atoms with E-state index in [0.29, 0.717) is 35.1 Å². The number of thioether (sulfide) groups is 1. The molecule has 41 heavy (non-hydrogen) atoms. The van der Waals surface area contributed by atoms with Crippen LogP contribution < -0.4 is 15.5 Å². The van der Waals surface area contributed by atoms with E-state index in [0.717, 1.165) is 18.2 Å². The number of benzene rings is 3. The van der Waals surface area contributed by atoms with E-state index in [1.54, 1.807) is 36.2 Å². The van der Waals surface area contributed by atoms with Gasteiger partial charge in [-0.1, -0.05) is 41.3 Å². The second-order valence-electron chi connectivity index (χ2n) is 9.03. The number of esters is 1. The number of hydrogen-bond acceptors (Lipinski definition) is 10. The lowest BCUT2D eigenvalue weighted by atomic mass is 9.98. The Kier molecular flexibility index (Phi) is 8.10. The third-order valence-corrected chi connectivity index (χ3v) is 8.47. The molecule has 3 N–H and O–H groups in total. The van der Waals surface area contributed by atoms with Gasteiger partial charge in [0.15, 0.2) is 0 Å². The minimum atomic E-state index is -1.15. The SMILES string of the molecule is Cc1nnc(N2N=C(c3cc(F)ccc3F)SC2(CCCN)c2cccc(C(=O)Oc3cccc(C(=O)O)c3)c2)s1. The first-order chi connectivity index (χ1) is 19.7. The van der Waals surface area contributed by atoms with Gasteiger partial charge in [0.25, 0.3) is 0 Å². The number of ether oxygens (including phenoxy) is 1. The van der Waals surface area contributed by atoms with Crippen LogP contribution in [0.2, 0.25) is 0 Å². The summed E-state index contributed by atoms with van der Waals surface area (Å²) in [5.74, 6) is -3.03. The molecule has 0 saturated carbocycles. The summed E-state index contributed by atoms with van der Waals surface area (Å²) in [7, 11) is 0. The predicted octanol–water partition coefficient (Wildman–Crippen LogP) is 5.55. The number of carboxylic acids is 1. The fourth-order valence-corrected chi connectivity index (χ4v) is 6.49. The van der Waals surface area contributed by atoms with Crippen LogP contribution in [-0.4, -0.2) is 38.8 Å². The number of anilines is 1. The van der Waals surface area contributed by atoms with Crippen molar-refractivity contribution >= 4 is 45.2 Å². The molecule has 2 heterocycles. The molecule has 1 unspecified atom stereocenters. The lowest BCUT2D eigenvalue weighted by Crippen LogP contribution is -2.38. The van der Waals surface area contributed by atoms with Crippen molar-refractivity contribution in [3.63, 3.8) is 0 Å². The molecule has 0 saturated heterocycles. The molecule has 9 nitrogen and oxygen atoms in total. The number of nitrogens with two attached hydrogens (primary N) is 1. The number of carbonyl (C=O) groups excluding carboxylic acids is 1. The fraction of sp³-hybridized carbons (Fsp3) is 0.179. The molecule has 0 spiro atoms. The van der Waals surface area contributed by atoms with Crippen molar-refractivity contribution in [3.8, 4) is 5.75 Å². The first-order valence-corrected chi connectivity index (χ1v) is 14.0. The second kappa shape index (κ2) is 11.7. The van der Waals surface area contributed by atoms with Crippen molar-refractivity contribution in [2.24, 2.45) is 10.8 Å². The van der Waals surface area contributed by atoms with Gasteiger partial charge in [-0.25, -0.2) is 23.4 Å². The first-order valence-electron chi connectivity index (χ1n) is 12.4. The number of aromatic nitrogens is 2. The summed E-state index contributed by atoms with van der Waals surface area (Å²) >= 11 is 2.48. The normalized spacial score (nSPS) is 16.5. The van der Waals surface area contributed by atoms with Crippen molar-refractivity contribution in [1.82, 2.24) is 10.2 Å². The Morgan fingerprint density at radius 3 is 2.56 bits per heavy atom. The van der Waals surface area contributed by atoms with Gasteiger partial charge >= 0.3 is 11.9 Å². The molecule has 0 aliphatic carbocycles. The zero-order chi connectivity index (χ0) is 29.1. The molecule has 1 aliphatic rings. The van der Waals surface area contributed by atoms with Gasteiger partial charge in [0.05, 0.1) is 11.1 Å². The lowest BCUT2D eigenvalue weighted by molar-refractivity contribution is 0.0687. The first kappa shape index (κ1) is 28.3. The zero-order valence-electron chi connectivity index (χ0n) is 21.6. The number of carbonyl (C=O) groups is 2. The maximum absolute atomic E-state index is 14.9. The summed E-state index contributed by atoms with van der Waals surface area (Å²) in [5.41, 5.74) is 6.68. The number of aromatic carboxylic acids is 1. The van der Waals surface area contributed by atoms with E-state index in [1.165, 1.54) is 47.4 Å². The number of hydrogen-bond donors (Lipinski definition) is 2. The van der Waals surface area contributed by atoms with E-state index in [1.807, 2.05) is 0 Å². The average Bonchev–Trinajstić information content (AvgIpc) is 3.57. The van der Waals surface area contributed by atoms with Crippen LogP contribution in [-0.2, 0) is 4.87 Å². The molecule has 1 aromatic heterocycles. The number of nitrogens with zero attached hydrogens (tertiary/aromatic N) is 4. The summed E-state index contributed by atoms with van der Waals surface area (Å²) in [6.45, 7) is 2.13. The van der Waals surface area contributed by atoms with Crippen LogP contribution in [0.3, 0.4) is 0 Å². The van der Waals surface area contributed by atoms with Gasteiger partial charge in [0, 0.05) is 5.56 Å². The number of halogens is 2. The van der Waals surface area contributed by atoms with Crippen LogP contribution >= 0.6 is 23.1 Å². The Morgan fingerprint density at radius 2 is 1.83 bits per heavy atom. The summed E-state index contributed by atoms with van der Waals surface area (Å²) in [6.07, 6.45) is 0.947. The molecule has 0 radical (unpaired) electrons. The predicted molar refractivity (Wildman–Crippen MR) is 152 cm³/mol. The molecular weight excluding hydrogens is 572 g/mol. The fourth-order valence-electron chi connectivity index (χ4n) is 4.31. The lowest BCUT2D eigenvalue weighted by Gasteiger charge is -2.35. The molecule has 5 rings (SSSR count). The highest BCUT2D eigenvalue weighted by Gasteiger charge is 2.48. The summed E-state index contributed by atoms with van der Waals surface area (Å²) in [5, 5.41) is 25.3. The Labute approximate surface area is 241 Å². The highest BCUT2D eigenvalue weighted by molar-refractivity contribution is 8.15. The van der Waals surface area contributed by atoms with E-state index in [2.05, 4.69) is 10.2 Å². The van der Waals surface area contributed by atoms with Crippen LogP contribution in [0.1, 0.15) is 49.7 Å². The smallest absolute Gasteiger partial charge is 0.343 e. The van der Waals surface area contributed by atoms with Crippen LogP contribution in [0.4, 0.5) is 13.9 Å². The molecule has 1 aliphatic heterocycles. The molecule has 0 bridgehead atoms. The second-order valence-corrected chi connectivity index (χ2v) is 11.5. The van der Waals surface area contributed by atoms with Crippen molar-refractivity contribution in [1.29, 1.82) is 0 Å². The standard InChI is InChI=1S/C28H23F2N5O4S2/c1-16-32-33-27(40-16)35-28(11-4-12-31,41-24(34-35)22-15-20(29)9-10-23(22)30)19-7-2-6-18(13-19)26(38)39-21-8-3-5-17(14-21)25(36)37/h2-3,5-10,13-15H,4,11-12,31H2,1H3,(H,36,37). The van der Waals surface area contributed by atoms with Crippen LogP contribution in [0.5, 0.6) is 5.75 Å². The molecule has 3 aromatic carbocycles. The minimum Gasteiger partial charge on any atom is -0.478 e. The number of hydrazone groups is 1. The van der Waals surface area contributed by atoms with Crippen molar-refractivity contribution in [3.05, 3.63) is 106 Å². The highest BCUT2D eigenvalue weighted by Crippen LogP contribution is 2.52. The van der Waals surface area contributed by atoms with Crippen molar-refractivity contribution in [2.45, 2.75) is 24.6 Å². The molecule has 13 heteroatoms. The maximum atomic E-state index is 14.9. The van der Waals surface area contributed by atoms with Gasteiger partial charge in [0.1, 0.15) is 32.3 Å². The number of rotatable bonds is 9. The van der Waals surface area contributed by atoms with E-state index >= 15 is 0 Å². The van der Waals surface area contributed by atoms with E-state index in [4.69, 9.17) is 15.6 Å². The van der Waals surface area contributed by atoms with Gasteiger partial charge in [0.2, 0.25) is 5.13 Å². The van der Waals surface area contributed by atoms with Gasteiger partial charge in [-0.3, -0.25) is 0 Å². The number of carboxylic acid groups (broad SMARTS) is 1. The molecule has 1 atom stereocenters. The summed E-state index contributed by atoms with van der Waals surface area (Å²) in [6, 6.07) is 15.4. The summed E-state index contributed by atoms with van der Waals surface area (Å²) in [4.78, 5) is 23.4. The Bertz CT molecular complexity index is 1660. The van der Waals surface area contributed by atoms with Gasteiger partial charge in [-0.2, -0.15) is 5.10 Å². The van der Waals surface area contributed by atoms with Crippen LogP contribution in [0.15, 0.2) is 71.8 Å². The summed E-state index contributed by atoms with van der Waals surface area (Å²) < 4.78 is 34.5. The van der Waals surface area contributed by atoms with Crippen LogP contribution in [0.25, 0.3) is 0 Å². The molecule has 4 aromatic rings. The Balaban J connectivity index is 1.57. The highest BCUT2D eigenvalue weighted by atomic mass is 32.2. The monoisotopic (exact) mass is 595 g/mol. The maximum Gasteiger partial charge on any atom is 0.343 e. The Hall–Kier alpha value is -4.20. The van der Waals surface area contributed by atoms with E-state index < -0.39 is 28.4 Å². The van der Waals surface area contributed by atoms with Gasteiger partial charge in [-0.15, -0.1) is 10.2 Å². The van der Waals surface area contributed by atoms with Crippen molar-refractivity contribution < 1.29 is 28.2 Å². The third-order valence-electron chi connectivity index (χ3n) is 6.21. The average molecular weight is 596 g/mol. The van der Waals surface area contributed by atoms with E-state index in [9.17, 15) is 23.5 Å². The minimum absolute atomic E-state index is 0.00950. The van der Waals surface area contributed by atoms with Crippen LogP contribution in [0, 0.1) is 18.6 Å². The van der Waals surface area contributed by atoms with E-state index in [-0.39, 0.29) is 27.5 Å². The Morgan fingerprint density at radius 1 is 1.05 bits per heavy atom.